The third-order valence-corrected chi connectivity index (χ3v) is 6.70. The summed E-state index contributed by atoms with van der Waals surface area (Å²) < 4.78 is 164. The Morgan fingerprint density at radius 2 is 1.33 bits per heavy atom. The topological polar surface area (TPSA) is 329 Å². The van der Waals surface area contributed by atoms with Crippen LogP contribution in [0.3, 0.4) is 0 Å². The van der Waals surface area contributed by atoms with Crippen LogP contribution >= 0.6 is 0 Å². The van der Waals surface area contributed by atoms with E-state index in [1.807, 2.05) is 0 Å². The van der Waals surface area contributed by atoms with Gasteiger partial charge in [-0.15, -0.1) is 0 Å². The Hall–Kier alpha value is -1.21. The van der Waals surface area contributed by atoms with E-state index < -0.39 is 116 Å². The number of carboxylic acid groups (broad SMARTS) is 1. The Bertz CT molecular complexity index is 1290. The van der Waals surface area contributed by atoms with E-state index in [9.17, 15) is 43.6 Å². The van der Waals surface area contributed by atoms with Crippen LogP contribution < -0.4 is 0 Å². The molecule has 0 aromatic carbocycles. The number of methoxy groups -OCH3 is 1. The maximum atomic E-state index is 11.8. The zero-order chi connectivity index (χ0) is 30.0. The molecular formula is C13H22O22S4. The molecule has 0 bridgehead atoms. The van der Waals surface area contributed by atoms with E-state index >= 15 is 0 Å². The summed E-state index contributed by atoms with van der Waals surface area (Å²) in [5.74, 6) is -1.78. The molecule has 2 heterocycles. The van der Waals surface area contributed by atoms with Crippen molar-refractivity contribution in [3.8, 4) is 0 Å². The monoisotopic (exact) mass is 658 g/mol. The maximum absolute atomic E-state index is 11.8. The second-order valence-electron chi connectivity index (χ2n) is 7.58. The minimum absolute atomic E-state index is 0.828. The van der Waals surface area contributed by atoms with Crippen molar-refractivity contribution in [2.24, 2.45) is 0 Å². The van der Waals surface area contributed by atoms with E-state index in [-0.39, 0.29) is 0 Å². The maximum Gasteiger partial charge on any atom is 0.397 e. The molecule has 230 valence electrons. The zero-order valence-electron chi connectivity index (χ0n) is 19.0. The molecule has 0 saturated carbocycles. The third-order valence-electron chi connectivity index (χ3n) is 4.82. The lowest BCUT2D eigenvalue weighted by Crippen LogP contribution is -2.62. The number of aliphatic carboxylic acids is 1. The average molecular weight is 659 g/mol. The van der Waals surface area contributed by atoms with Crippen molar-refractivity contribution in [3.05, 3.63) is 0 Å². The van der Waals surface area contributed by atoms with Crippen LogP contribution in [0, 0.1) is 0 Å². The van der Waals surface area contributed by atoms with E-state index in [0.29, 0.717) is 0 Å². The molecule has 2 rings (SSSR count). The molecule has 2 saturated heterocycles. The first kappa shape index (κ1) is 34.0. The predicted octanol–water partition coefficient (Wildman–Crippen LogP) is -3.63. The predicted molar refractivity (Wildman–Crippen MR) is 113 cm³/mol. The summed E-state index contributed by atoms with van der Waals surface area (Å²) in [7, 11) is -20.4. The molecule has 0 aromatic rings. The van der Waals surface area contributed by atoms with Gasteiger partial charge in [0.25, 0.3) is 0 Å². The SMILES string of the molecule is COC1C(OS(=O)(=O)O)COC(C(=O)O)[C@@H]1O[C@@H]1OC(COS(=O)(=O)O)CC(OS(=O)(=O)O)C1OS(=O)(=O)O. The number of hydrogen-bond acceptors (Lipinski definition) is 17. The lowest BCUT2D eigenvalue weighted by molar-refractivity contribution is -0.310. The molecule has 39 heavy (non-hydrogen) atoms. The summed E-state index contributed by atoms with van der Waals surface area (Å²) in [6, 6.07) is 0. The number of rotatable bonds is 13. The fraction of sp³-hybridized carbons (Fsp3) is 0.923. The number of carbonyl (C=O) groups is 1. The Balaban J connectivity index is 2.53. The van der Waals surface area contributed by atoms with Crippen molar-refractivity contribution in [3.63, 3.8) is 0 Å². The van der Waals surface area contributed by atoms with Crippen LogP contribution in [0.1, 0.15) is 6.42 Å². The van der Waals surface area contributed by atoms with E-state index in [2.05, 4.69) is 16.7 Å². The molecular weight excluding hydrogens is 636 g/mol. The van der Waals surface area contributed by atoms with Gasteiger partial charge in [0.2, 0.25) is 0 Å². The van der Waals surface area contributed by atoms with Crippen molar-refractivity contribution in [1.82, 2.24) is 0 Å². The number of carboxylic acids is 1. The molecule has 2 fully saturated rings. The molecule has 0 amide bonds. The zero-order valence-corrected chi connectivity index (χ0v) is 22.3. The summed E-state index contributed by atoms with van der Waals surface area (Å²) in [6.07, 6.45) is -17.3. The first-order valence-corrected chi connectivity index (χ1v) is 15.3. The Morgan fingerprint density at radius 3 is 1.79 bits per heavy atom. The molecule has 6 unspecified atom stereocenters. The summed E-state index contributed by atoms with van der Waals surface area (Å²) in [5.41, 5.74) is 0. The van der Waals surface area contributed by atoms with E-state index in [0.717, 1.165) is 7.11 Å². The second-order valence-corrected chi connectivity index (χ2v) is 11.8. The smallest absolute Gasteiger partial charge is 0.397 e. The van der Waals surface area contributed by atoms with Crippen LogP contribution in [-0.2, 0) is 82.1 Å². The van der Waals surface area contributed by atoms with Crippen molar-refractivity contribution in [1.29, 1.82) is 0 Å². The highest BCUT2D eigenvalue weighted by Gasteiger charge is 2.52. The summed E-state index contributed by atoms with van der Waals surface area (Å²) in [5, 5.41) is 9.52. The molecule has 5 N–H and O–H groups in total. The average Bonchev–Trinajstić information content (AvgIpc) is 2.71. The van der Waals surface area contributed by atoms with Gasteiger partial charge in [-0.1, -0.05) is 0 Å². The van der Waals surface area contributed by atoms with Crippen molar-refractivity contribution < 1.29 is 97.5 Å². The highest BCUT2D eigenvalue weighted by atomic mass is 32.3. The lowest BCUT2D eigenvalue weighted by atomic mass is 9.98. The van der Waals surface area contributed by atoms with Gasteiger partial charge in [-0.05, 0) is 0 Å². The molecule has 0 spiro atoms. The minimum Gasteiger partial charge on any atom is -0.479 e. The van der Waals surface area contributed by atoms with Crippen LogP contribution in [0.5, 0.6) is 0 Å². The van der Waals surface area contributed by atoms with E-state index in [1.165, 1.54) is 0 Å². The van der Waals surface area contributed by atoms with Gasteiger partial charge >= 0.3 is 47.6 Å². The summed E-state index contributed by atoms with van der Waals surface area (Å²) >= 11 is 0. The largest absolute Gasteiger partial charge is 0.479 e. The Morgan fingerprint density at radius 1 is 0.795 bits per heavy atom. The van der Waals surface area contributed by atoms with Crippen molar-refractivity contribution in [2.45, 2.75) is 55.4 Å². The number of hydrogen-bond donors (Lipinski definition) is 5. The lowest BCUT2D eigenvalue weighted by Gasteiger charge is -2.44. The molecule has 26 heteroatoms. The quantitative estimate of drug-likeness (QED) is 0.119. The molecule has 0 aromatic heterocycles. The van der Waals surface area contributed by atoms with Crippen LogP contribution in [0.15, 0.2) is 0 Å². The Labute approximate surface area is 220 Å². The standard InChI is InChI=1S/C13H22O22S4/c1-28-8-7(34-38(22,23)24)4-29-11(12(14)15)10(8)32-13-9(35-39(25,26)27)6(33-37(19,20)21)2-5(31-13)3-30-36(16,17)18/h5-11,13H,2-4H2,1H3,(H,14,15)(H,16,17,18)(H,19,20,21)(H,22,23,24)(H,25,26,27)/t5?,6?,7?,8?,9?,10-,11?,13+/m1/s1. The van der Waals surface area contributed by atoms with Gasteiger partial charge in [0.1, 0.15) is 24.4 Å². The number of ether oxygens (including phenoxy) is 4. The van der Waals surface area contributed by atoms with Crippen LogP contribution in [0.25, 0.3) is 0 Å². The first-order valence-electron chi connectivity index (χ1n) is 9.85. The molecule has 8 atom stereocenters. The molecule has 22 nitrogen and oxygen atoms in total. The van der Waals surface area contributed by atoms with E-state index in [4.69, 9.17) is 37.2 Å². The molecule has 0 aliphatic carbocycles. The molecule has 2 aliphatic rings. The van der Waals surface area contributed by atoms with Crippen LogP contribution in [-0.4, -0.2) is 132 Å². The van der Waals surface area contributed by atoms with Crippen molar-refractivity contribution in [2.75, 3.05) is 20.3 Å². The summed E-state index contributed by atoms with van der Waals surface area (Å²) in [4.78, 5) is 11.8. The summed E-state index contributed by atoms with van der Waals surface area (Å²) in [6.45, 7) is -1.96. The highest BCUT2D eigenvalue weighted by Crippen LogP contribution is 2.33. The molecule has 2 aliphatic heterocycles. The van der Waals surface area contributed by atoms with Gasteiger partial charge < -0.3 is 24.1 Å². The fourth-order valence-corrected chi connectivity index (χ4v) is 5.38. The van der Waals surface area contributed by atoms with Crippen LogP contribution in [0.4, 0.5) is 0 Å². The third kappa shape index (κ3) is 11.3. The fourth-order valence-electron chi connectivity index (χ4n) is 3.58. The first-order chi connectivity index (χ1) is 17.6. The van der Waals surface area contributed by atoms with Crippen LogP contribution in [0.2, 0.25) is 0 Å². The van der Waals surface area contributed by atoms with E-state index in [1.54, 1.807) is 0 Å². The van der Waals surface area contributed by atoms with Gasteiger partial charge in [0.05, 0.1) is 19.3 Å². The van der Waals surface area contributed by atoms with Gasteiger partial charge in [-0.25, -0.2) is 21.5 Å². The second kappa shape index (κ2) is 12.8. The minimum atomic E-state index is -5.52. The highest BCUT2D eigenvalue weighted by molar-refractivity contribution is 7.81. The van der Waals surface area contributed by atoms with Gasteiger partial charge in [0, 0.05) is 13.5 Å². The normalized spacial score (nSPS) is 33.1. The van der Waals surface area contributed by atoms with Gasteiger partial charge in [-0.2, -0.15) is 33.7 Å². The van der Waals surface area contributed by atoms with Gasteiger partial charge in [0.15, 0.2) is 18.5 Å². The van der Waals surface area contributed by atoms with Gasteiger partial charge in [-0.3, -0.25) is 18.2 Å². The van der Waals surface area contributed by atoms with Crippen molar-refractivity contribution >= 4 is 47.6 Å². The Kier molecular flexibility index (Phi) is 11.1. The molecule has 0 radical (unpaired) electrons.